The third-order valence-electron chi connectivity index (χ3n) is 5.99. The number of hydrogen-bond donors (Lipinski definition) is 0. The van der Waals surface area contributed by atoms with E-state index in [0.29, 0.717) is 29.8 Å². The number of benzene rings is 2. The molecule has 2 atom stereocenters. The number of aliphatic imine (C=N–C) groups is 1. The van der Waals surface area contributed by atoms with E-state index in [2.05, 4.69) is 0 Å². The Labute approximate surface area is 185 Å². The highest BCUT2D eigenvalue weighted by molar-refractivity contribution is 6.31. The molecule has 2 saturated heterocycles. The minimum absolute atomic E-state index is 0.226. The molecule has 2 fully saturated rings. The Hall–Kier alpha value is -3.26. The maximum Gasteiger partial charge on any atom is 0.328 e. The van der Waals surface area contributed by atoms with Gasteiger partial charge in [-0.25, -0.2) is 9.79 Å². The molecule has 2 aromatic rings. The summed E-state index contributed by atoms with van der Waals surface area (Å²) in [6, 6.07) is 14.0. The van der Waals surface area contributed by atoms with Crippen molar-refractivity contribution in [3.8, 4) is 5.75 Å². The van der Waals surface area contributed by atoms with Crippen molar-refractivity contribution in [2.24, 2.45) is 4.99 Å². The Morgan fingerprint density at radius 2 is 1.90 bits per heavy atom. The van der Waals surface area contributed by atoms with Gasteiger partial charge in [-0.1, -0.05) is 41.9 Å². The van der Waals surface area contributed by atoms with Gasteiger partial charge in [0.15, 0.2) is 12.2 Å². The average molecular weight is 440 g/mol. The number of fused-ring (bicyclic) bond motifs is 3. The highest BCUT2D eigenvalue weighted by Gasteiger charge is 2.54. The summed E-state index contributed by atoms with van der Waals surface area (Å²) < 4.78 is 5.51. The summed E-state index contributed by atoms with van der Waals surface area (Å²) >= 11 is 6.23. The van der Waals surface area contributed by atoms with E-state index in [1.54, 1.807) is 25.1 Å². The molecule has 3 aliphatic rings. The molecule has 31 heavy (non-hydrogen) atoms. The number of rotatable bonds is 4. The summed E-state index contributed by atoms with van der Waals surface area (Å²) in [5.41, 5.74) is 1.69. The smallest absolute Gasteiger partial charge is 0.328 e. The van der Waals surface area contributed by atoms with Crippen LogP contribution in [0.5, 0.6) is 5.75 Å². The fourth-order valence-corrected chi connectivity index (χ4v) is 4.62. The maximum atomic E-state index is 13.4. The van der Waals surface area contributed by atoms with Gasteiger partial charge >= 0.3 is 6.03 Å². The number of nitrogens with zero attached hydrogens (tertiary/aromatic N) is 5. The van der Waals surface area contributed by atoms with Gasteiger partial charge in [0.2, 0.25) is 5.96 Å². The summed E-state index contributed by atoms with van der Waals surface area (Å²) in [6.45, 7) is 1.49. The molecule has 2 unspecified atom stereocenters. The van der Waals surface area contributed by atoms with E-state index in [-0.39, 0.29) is 18.5 Å². The topological polar surface area (TPSA) is 68.7 Å². The largest absolute Gasteiger partial charge is 0.495 e. The first-order valence-electron chi connectivity index (χ1n) is 10.1. The van der Waals surface area contributed by atoms with E-state index < -0.39 is 12.2 Å². The first-order valence-corrected chi connectivity index (χ1v) is 10.4. The minimum atomic E-state index is -0.560. The van der Waals surface area contributed by atoms with Crippen LogP contribution in [0.4, 0.5) is 10.5 Å². The highest BCUT2D eigenvalue weighted by Crippen LogP contribution is 2.38. The molecule has 3 amide bonds. The van der Waals surface area contributed by atoms with E-state index in [9.17, 15) is 9.59 Å². The molecule has 160 valence electrons. The number of hydrogen-bond acceptors (Lipinski definition) is 6. The van der Waals surface area contributed by atoms with Crippen LogP contribution in [0.25, 0.3) is 0 Å². The van der Waals surface area contributed by atoms with Crippen LogP contribution in [-0.2, 0) is 11.3 Å². The second-order valence-corrected chi connectivity index (χ2v) is 8.19. The predicted octanol–water partition coefficient (Wildman–Crippen LogP) is 2.63. The van der Waals surface area contributed by atoms with Crippen LogP contribution in [0.15, 0.2) is 53.5 Å². The van der Waals surface area contributed by atoms with Crippen LogP contribution in [-0.4, -0.2) is 72.1 Å². The molecule has 9 heteroatoms. The van der Waals surface area contributed by atoms with Crippen molar-refractivity contribution in [1.82, 2.24) is 14.7 Å². The molecule has 5 rings (SSSR count). The second kappa shape index (κ2) is 7.46. The van der Waals surface area contributed by atoms with Crippen molar-refractivity contribution in [3.05, 3.63) is 59.1 Å². The van der Waals surface area contributed by atoms with Crippen LogP contribution >= 0.6 is 11.6 Å². The van der Waals surface area contributed by atoms with Gasteiger partial charge in [0.25, 0.3) is 5.91 Å². The van der Waals surface area contributed by atoms with Gasteiger partial charge in [-0.05, 0) is 23.8 Å². The van der Waals surface area contributed by atoms with Crippen molar-refractivity contribution < 1.29 is 14.3 Å². The lowest BCUT2D eigenvalue weighted by atomic mass is 10.1. The van der Waals surface area contributed by atoms with Gasteiger partial charge < -0.3 is 19.4 Å². The monoisotopic (exact) mass is 439 g/mol. The van der Waals surface area contributed by atoms with Gasteiger partial charge in [0.05, 0.1) is 19.3 Å². The quantitative estimate of drug-likeness (QED) is 0.732. The summed E-state index contributed by atoms with van der Waals surface area (Å²) in [5.74, 6) is 1.10. The predicted molar refractivity (Wildman–Crippen MR) is 117 cm³/mol. The number of halogens is 1. The molecule has 0 aromatic heterocycles. The van der Waals surface area contributed by atoms with Crippen LogP contribution in [0, 0.1) is 0 Å². The summed E-state index contributed by atoms with van der Waals surface area (Å²) in [7, 11) is 3.30. The van der Waals surface area contributed by atoms with Gasteiger partial charge in [-0.2, -0.15) is 0 Å². The third-order valence-corrected chi connectivity index (χ3v) is 6.23. The van der Waals surface area contributed by atoms with Crippen molar-refractivity contribution in [1.29, 1.82) is 0 Å². The second-order valence-electron chi connectivity index (χ2n) is 7.75. The number of amides is 3. The molecular weight excluding hydrogens is 418 g/mol. The van der Waals surface area contributed by atoms with E-state index in [1.807, 2.05) is 52.3 Å². The Morgan fingerprint density at radius 1 is 1.13 bits per heavy atom. The number of guanidine groups is 1. The van der Waals surface area contributed by atoms with Gasteiger partial charge in [-0.3, -0.25) is 9.69 Å². The summed E-state index contributed by atoms with van der Waals surface area (Å²) in [4.78, 5) is 38.0. The molecule has 0 spiro atoms. The fraction of sp³-hybridized carbons (Fsp3) is 0.318. The molecule has 2 aromatic carbocycles. The lowest BCUT2D eigenvalue weighted by Crippen LogP contribution is -2.64. The minimum Gasteiger partial charge on any atom is -0.495 e. The van der Waals surface area contributed by atoms with Crippen molar-refractivity contribution in [2.75, 3.05) is 32.1 Å². The van der Waals surface area contributed by atoms with Crippen LogP contribution in [0.2, 0.25) is 5.02 Å². The Morgan fingerprint density at radius 3 is 2.65 bits per heavy atom. The number of anilines is 1. The Bertz CT molecular complexity index is 1080. The zero-order chi connectivity index (χ0) is 21.7. The fourth-order valence-electron chi connectivity index (χ4n) is 4.45. The number of ether oxygens (including phenoxy) is 1. The first kappa shape index (κ1) is 19.7. The standard InChI is InChI=1S/C22H22ClN5O3/c1-25-19-18(20(29)28(22(25)30)13-14-6-4-3-5-7-14)27-11-10-26(21(27)24-19)16-12-15(23)8-9-17(16)31-2/h3-9,12,18-19H,10-11,13H2,1-2H3. The molecule has 3 aliphatic heterocycles. The van der Waals surface area contributed by atoms with E-state index in [1.165, 1.54) is 4.90 Å². The van der Waals surface area contributed by atoms with Crippen LogP contribution < -0.4 is 9.64 Å². The lowest BCUT2D eigenvalue weighted by molar-refractivity contribution is -0.137. The molecule has 0 aliphatic carbocycles. The van der Waals surface area contributed by atoms with Gasteiger partial charge in [0, 0.05) is 25.2 Å². The normalized spacial score (nSPS) is 22.6. The van der Waals surface area contributed by atoms with Crippen molar-refractivity contribution in [2.45, 2.75) is 18.8 Å². The van der Waals surface area contributed by atoms with E-state index in [4.69, 9.17) is 21.3 Å². The third kappa shape index (κ3) is 3.09. The van der Waals surface area contributed by atoms with Crippen LogP contribution in [0.3, 0.4) is 0 Å². The number of urea groups is 1. The molecule has 0 bridgehead atoms. The zero-order valence-corrected chi connectivity index (χ0v) is 18.0. The number of carbonyl (C=O) groups excluding carboxylic acids is 2. The Kier molecular flexibility index (Phi) is 4.74. The van der Waals surface area contributed by atoms with Crippen molar-refractivity contribution in [3.63, 3.8) is 0 Å². The lowest BCUT2D eigenvalue weighted by Gasteiger charge is -2.40. The van der Waals surface area contributed by atoms with Gasteiger partial charge in [-0.15, -0.1) is 0 Å². The molecule has 0 saturated carbocycles. The van der Waals surface area contributed by atoms with Crippen LogP contribution in [0.1, 0.15) is 5.56 Å². The van der Waals surface area contributed by atoms with Gasteiger partial charge in [0.1, 0.15) is 5.75 Å². The SMILES string of the molecule is COc1ccc(Cl)cc1N1CCN2C1=NC1C2C(=O)N(Cc2ccccc2)C(=O)N1C. The van der Waals surface area contributed by atoms with E-state index >= 15 is 0 Å². The molecule has 0 N–H and O–H groups in total. The molecule has 0 radical (unpaired) electrons. The number of carbonyl (C=O) groups is 2. The number of methoxy groups -OCH3 is 1. The molecule has 8 nitrogen and oxygen atoms in total. The summed E-state index contributed by atoms with van der Waals surface area (Å²) in [6.07, 6.45) is -0.560. The Balaban J connectivity index is 1.47. The molecule has 3 heterocycles. The summed E-state index contributed by atoms with van der Waals surface area (Å²) in [5, 5.41) is 0.586. The maximum absolute atomic E-state index is 13.4. The molecular formula is C22H22ClN5O3. The van der Waals surface area contributed by atoms with Crippen molar-refractivity contribution >= 4 is 35.2 Å². The first-order chi connectivity index (χ1) is 15.0. The average Bonchev–Trinajstić information content (AvgIpc) is 3.35. The highest BCUT2D eigenvalue weighted by atomic mass is 35.5. The number of likely N-dealkylation sites (N-methyl/N-ethyl adjacent to an activating group) is 1. The number of imide groups is 1. The zero-order valence-electron chi connectivity index (χ0n) is 17.2. The van der Waals surface area contributed by atoms with E-state index in [0.717, 1.165) is 11.3 Å².